The van der Waals surface area contributed by atoms with Crippen LogP contribution in [-0.4, -0.2) is 21.5 Å². The molecule has 2 aromatic heterocycles. The van der Waals surface area contributed by atoms with Gasteiger partial charge in [0.25, 0.3) is 0 Å². The summed E-state index contributed by atoms with van der Waals surface area (Å²) in [4.78, 5) is 16.8. The number of carbonyl (C=O) groups excluding carboxylic acids is 1. The van der Waals surface area contributed by atoms with E-state index < -0.39 is 0 Å². The summed E-state index contributed by atoms with van der Waals surface area (Å²) in [5.41, 5.74) is 5.45. The number of fused-ring (bicyclic) bond motifs is 3. The average molecular weight is 393 g/mol. The summed E-state index contributed by atoms with van der Waals surface area (Å²) in [6, 6.07) is 8.33. The molecule has 0 bridgehead atoms. The van der Waals surface area contributed by atoms with E-state index in [0.29, 0.717) is 5.56 Å². The minimum Gasteiger partial charge on any atom is -0.353 e. The van der Waals surface area contributed by atoms with Gasteiger partial charge in [0.1, 0.15) is 5.01 Å². The molecule has 2 heterocycles. The maximum Gasteiger partial charge on any atom is 0.222 e. The summed E-state index contributed by atoms with van der Waals surface area (Å²) in [5, 5.41) is 16.9. The fourth-order valence-electron chi connectivity index (χ4n) is 4.00. The van der Waals surface area contributed by atoms with Crippen molar-refractivity contribution >= 4 is 28.1 Å². The van der Waals surface area contributed by atoms with Crippen molar-refractivity contribution in [3.63, 3.8) is 0 Å². The number of hydrogen-bond acceptors (Lipinski definition) is 4. The van der Waals surface area contributed by atoms with Crippen molar-refractivity contribution < 1.29 is 4.79 Å². The summed E-state index contributed by atoms with van der Waals surface area (Å²) < 4.78 is 2.35. The highest BCUT2D eigenvalue weighted by molar-refractivity contribution is 7.09. The minimum atomic E-state index is -0.0129. The number of carbonyl (C=O) groups is 1. The summed E-state index contributed by atoms with van der Waals surface area (Å²) in [5.74, 6) is 0.0919. The molecule has 0 spiro atoms. The number of aromatic nitrogens is 2. The van der Waals surface area contributed by atoms with Crippen LogP contribution in [0, 0.1) is 24.2 Å². The molecule has 4 rings (SSSR count). The van der Waals surface area contributed by atoms with Crippen LogP contribution >= 0.6 is 11.3 Å². The van der Waals surface area contributed by atoms with E-state index in [1.54, 1.807) is 11.3 Å². The first-order valence-corrected chi connectivity index (χ1v) is 10.6. The average Bonchev–Trinajstić information content (AvgIpc) is 3.23. The van der Waals surface area contributed by atoms with Crippen molar-refractivity contribution in [1.82, 2.24) is 14.9 Å². The van der Waals surface area contributed by atoms with E-state index in [4.69, 9.17) is 0 Å². The molecule has 1 aliphatic rings. The molecule has 1 N–H and O–H groups in total. The van der Waals surface area contributed by atoms with E-state index >= 15 is 0 Å². The zero-order valence-corrected chi connectivity index (χ0v) is 17.3. The van der Waals surface area contributed by atoms with Gasteiger partial charge in [0, 0.05) is 39.6 Å². The fraction of sp³-hybridized carbons (Fsp3) is 0.409. The molecule has 0 radical (unpaired) electrons. The topological polar surface area (TPSA) is 70.7 Å². The Labute approximate surface area is 169 Å². The van der Waals surface area contributed by atoms with Crippen molar-refractivity contribution in [1.29, 1.82) is 5.26 Å². The second kappa shape index (κ2) is 7.40. The molecule has 0 saturated heterocycles. The van der Waals surface area contributed by atoms with Gasteiger partial charge in [-0.25, -0.2) is 4.98 Å². The SMILES string of the molecule is Cc1csc(Cn2c3c(c4cc(C#N)ccc42)CC(NC(=O)C(C)C)CC3)n1. The van der Waals surface area contributed by atoms with E-state index in [0.717, 1.165) is 47.4 Å². The molecular formula is C22H24N4OS. The number of rotatable bonds is 4. The quantitative estimate of drug-likeness (QED) is 0.731. The van der Waals surface area contributed by atoms with Crippen molar-refractivity contribution in [3.05, 3.63) is 51.1 Å². The molecule has 144 valence electrons. The molecule has 3 aromatic rings. The first-order valence-electron chi connectivity index (χ1n) is 9.71. The third kappa shape index (κ3) is 3.43. The Balaban J connectivity index is 1.75. The molecule has 1 aliphatic carbocycles. The lowest BCUT2D eigenvalue weighted by Crippen LogP contribution is -2.41. The number of benzene rings is 1. The van der Waals surface area contributed by atoms with Crippen LogP contribution in [-0.2, 0) is 24.2 Å². The van der Waals surface area contributed by atoms with Crippen molar-refractivity contribution in [2.24, 2.45) is 5.92 Å². The van der Waals surface area contributed by atoms with Crippen molar-refractivity contribution in [2.45, 2.75) is 52.6 Å². The molecular weight excluding hydrogens is 368 g/mol. The highest BCUT2D eigenvalue weighted by Gasteiger charge is 2.27. The van der Waals surface area contributed by atoms with Gasteiger partial charge in [0.2, 0.25) is 5.91 Å². The first kappa shape index (κ1) is 18.7. The minimum absolute atomic E-state index is 0.0129. The maximum absolute atomic E-state index is 12.2. The van der Waals surface area contributed by atoms with Crippen LogP contribution < -0.4 is 5.32 Å². The summed E-state index contributed by atoms with van der Waals surface area (Å²) in [6.45, 7) is 6.61. The van der Waals surface area contributed by atoms with Crippen LogP contribution in [0.1, 0.15) is 47.8 Å². The predicted molar refractivity (Wildman–Crippen MR) is 111 cm³/mol. The molecule has 1 amide bonds. The van der Waals surface area contributed by atoms with Crippen LogP contribution in [0.15, 0.2) is 23.6 Å². The highest BCUT2D eigenvalue weighted by atomic mass is 32.1. The third-order valence-electron chi connectivity index (χ3n) is 5.43. The number of nitrogens with one attached hydrogen (secondary N) is 1. The van der Waals surface area contributed by atoms with Crippen LogP contribution in [0.4, 0.5) is 0 Å². The number of aryl methyl sites for hydroxylation is 1. The van der Waals surface area contributed by atoms with Crippen LogP contribution in [0.2, 0.25) is 0 Å². The van der Waals surface area contributed by atoms with Gasteiger partial charge < -0.3 is 9.88 Å². The summed E-state index contributed by atoms with van der Waals surface area (Å²) >= 11 is 1.69. The van der Waals surface area contributed by atoms with E-state index in [2.05, 4.69) is 26.3 Å². The van der Waals surface area contributed by atoms with Gasteiger partial charge >= 0.3 is 0 Å². The van der Waals surface area contributed by atoms with Crippen molar-refractivity contribution in [2.75, 3.05) is 0 Å². The summed E-state index contributed by atoms with van der Waals surface area (Å²) in [6.07, 6.45) is 2.66. The van der Waals surface area contributed by atoms with Gasteiger partial charge in [-0.2, -0.15) is 5.26 Å². The lowest BCUT2D eigenvalue weighted by atomic mass is 9.90. The Morgan fingerprint density at radius 2 is 2.29 bits per heavy atom. The number of thiazole rings is 1. The Kier molecular flexibility index (Phi) is 4.94. The Bertz CT molecular complexity index is 1090. The number of nitriles is 1. The van der Waals surface area contributed by atoms with E-state index in [1.165, 1.54) is 11.3 Å². The van der Waals surface area contributed by atoms with E-state index in [-0.39, 0.29) is 17.9 Å². The molecule has 28 heavy (non-hydrogen) atoms. The zero-order chi connectivity index (χ0) is 19.8. The molecule has 1 atom stereocenters. The zero-order valence-electron chi connectivity index (χ0n) is 16.5. The molecule has 0 fully saturated rings. The van der Waals surface area contributed by atoms with Gasteiger partial charge in [0.15, 0.2) is 0 Å². The standard InChI is InChI=1S/C22H24N4OS/c1-13(2)22(27)25-16-5-7-20-18(9-16)17-8-15(10-23)4-6-19(17)26(20)11-21-24-14(3)12-28-21/h4,6,8,12-13,16H,5,7,9,11H2,1-3H3,(H,25,27). The summed E-state index contributed by atoms with van der Waals surface area (Å²) in [7, 11) is 0. The normalized spacial score (nSPS) is 16.2. The van der Waals surface area contributed by atoms with Gasteiger partial charge in [0.05, 0.1) is 18.2 Å². The lowest BCUT2D eigenvalue weighted by molar-refractivity contribution is -0.124. The highest BCUT2D eigenvalue weighted by Crippen LogP contribution is 2.34. The lowest BCUT2D eigenvalue weighted by Gasteiger charge is -2.25. The Morgan fingerprint density at radius 3 is 2.96 bits per heavy atom. The van der Waals surface area contributed by atoms with Gasteiger partial charge in [-0.1, -0.05) is 13.8 Å². The van der Waals surface area contributed by atoms with Gasteiger partial charge in [-0.3, -0.25) is 4.79 Å². The monoisotopic (exact) mass is 392 g/mol. The van der Waals surface area contributed by atoms with Crippen molar-refractivity contribution in [3.8, 4) is 6.07 Å². The van der Waals surface area contributed by atoms with Crippen LogP contribution in [0.3, 0.4) is 0 Å². The largest absolute Gasteiger partial charge is 0.353 e. The van der Waals surface area contributed by atoms with Crippen LogP contribution in [0.5, 0.6) is 0 Å². The molecule has 1 unspecified atom stereocenters. The third-order valence-corrected chi connectivity index (χ3v) is 6.38. The smallest absolute Gasteiger partial charge is 0.222 e. The molecule has 5 nitrogen and oxygen atoms in total. The first-order chi connectivity index (χ1) is 13.5. The Hall–Kier alpha value is -2.65. The molecule has 1 aromatic carbocycles. The fourth-order valence-corrected chi connectivity index (χ4v) is 4.76. The second-order valence-electron chi connectivity index (χ2n) is 7.84. The van der Waals surface area contributed by atoms with Crippen LogP contribution in [0.25, 0.3) is 10.9 Å². The van der Waals surface area contributed by atoms with E-state index in [1.807, 2.05) is 39.0 Å². The molecule has 6 heteroatoms. The number of nitrogens with zero attached hydrogens (tertiary/aromatic N) is 3. The maximum atomic E-state index is 12.2. The molecule has 0 saturated carbocycles. The molecule has 0 aliphatic heterocycles. The number of hydrogen-bond donors (Lipinski definition) is 1. The number of amides is 1. The van der Waals surface area contributed by atoms with Gasteiger partial charge in [-0.05, 0) is 49.9 Å². The van der Waals surface area contributed by atoms with E-state index in [9.17, 15) is 10.1 Å². The Morgan fingerprint density at radius 1 is 1.46 bits per heavy atom. The van der Waals surface area contributed by atoms with Gasteiger partial charge in [-0.15, -0.1) is 11.3 Å². The second-order valence-corrected chi connectivity index (χ2v) is 8.78. The predicted octanol–water partition coefficient (Wildman–Crippen LogP) is 3.96.